The molecule has 2 N–H and O–H groups in total. The molecule has 1 heterocycles. The van der Waals surface area contributed by atoms with Crippen LogP contribution in [-0.2, 0) is 6.54 Å². The number of piperazine rings is 1. The number of hydrogen-bond acceptors (Lipinski definition) is 2. The molecule has 0 atom stereocenters. The Morgan fingerprint density at radius 3 is 2.17 bits per heavy atom. The third-order valence-corrected chi connectivity index (χ3v) is 5.93. The van der Waals surface area contributed by atoms with Crippen LogP contribution in [-0.4, -0.2) is 46.4 Å². The highest BCUT2D eigenvalue weighted by Gasteiger charge is 2.29. The van der Waals surface area contributed by atoms with Gasteiger partial charge in [0.2, 0.25) is 0 Å². The number of nitrogens with one attached hydrogen (secondary N) is 2. The SMILES string of the molecule is COc1ccc(C[NH+]2CC[NH+](C3CCCCCC3)CC2)cc1OC. The molecule has 2 aliphatic rings. The van der Waals surface area contributed by atoms with Gasteiger partial charge in [-0.25, -0.2) is 0 Å². The predicted octanol–water partition coefficient (Wildman–Crippen LogP) is 0.710. The summed E-state index contributed by atoms with van der Waals surface area (Å²) in [5, 5.41) is 0. The fraction of sp³-hybridized carbons (Fsp3) is 0.700. The van der Waals surface area contributed by atoms with Crippen molar-refractivity contribution in [3.63, 3.8) is 0 Å². The molecule has 1 saturated carbocycles. The van der Waals surface area contributed by atoms with Crippen LogP contribution in [0.25, 0.3) is 0 Å². The maximum atomic E-state index is 5.44. The van der Waals surface area contributed by atoms with Gasteiger partial charge in [-0.15, -0.1) is 0 Å². The number of rotatable bonds is 5. The van der Waals surface area contributed by atoms with E-state index in [-0.39, 0.29) is 0 Å². The number of hydrogen-bond donors (Lipinski definition) is 2. The lowest BCUT2D eigenvalue weighted by atomic mass is 10.1. The molecule has 3 rings (SSSR count). The van der Waals surface area contributed by atoms with Crippen molar-refractivity contribution in [2.75, 3.05) is 40.4 Å². The average Bonchev–Trinajstić information content (AvgIpc) is 2.91. The van der Waals surface area contributed by atoms with Crippen LogP contribution in [0.1, 0.15) is 44.1 Å². The molecule has 0 unspecified atom stereocenters. The molecule has 134 valence electrons. The van der Waals surface area contributed by atoms with Crippen molar-refractivity contribution >= 4 is 0 Å². The van der Waals surface area contributed by atoms with Gasteiger partial charge in [0.25, 0.3) is 0 Å². The van der Waals surface area contributed by atoms with Crippen LogP contribution < -0.4 is 19.3 Å². The minimum atomic E-state index is 0.818. The van der Waals surface area contributed by atoms with E-state index in [4.69, 9.17) is 9.47 Å². The van der Waals surface area contributed by atoms with Crippen molar-refractivity contribution in [1.82, 2.24) is 0 Å². The van der Waals surface area contributed by atoms with E-state index in [1.54, 1.807) is 19.1 Å². The molecule has 4 heteroatoms. The van der Waals surface area contributed by atoms with Gasteiger partial charge in [0.1, 0.15) is 32.7 Å². The maximum absolute atomic E-state index is 5.44. The lowest BCUT2D eigenvalue weighted by Gasteiger charge is -2.34. The molecule has 1 aromatic carbocycles. The first-order valence-corrected chi connectivity index (χ1v) is 9.69. The van der Waals surface area contributed by atoms with E-state index in [1.807, 2.05) is 11.0 Å². The summed E-state index contributed by atoms with van der Waals surface area (Å²) in [5.74, 6) is 1.66. The highest BCUT2D eigenvalue weighted by atomic mass is 16.5. The zero-order valence-electron chi connectivity index (χ0n) is 15.4. The van der Waals surface area contributed by atoms with E-state index < -0.39 is 0 Å². The van der Waals surface area contributed by atoms with E-state index in [1.165, 1.54) is 70.3 Å². The lowest BCUT2D eigenvalue weighted by Crippen LogP contribution is -3.29. The maximum Gasteiger partial charge on any atom is 0.161 e. The van der Waals surface area contributed by atoms with Gasteiger partial charge in [-0.2, -0.15) is 0 Å². The van der Waals surface area contributed by atoms with Gasteiger partial charge in [0.15, 0.2) is 11.5 Å². The fourth-order valence-electron chi connectivity index (χ4n) is 4.48. The quantitative estimate of drug-likeness (QED) is 0.776. The summed E-state index contributed by atoms with van der Waals surface area (Å²) in [5.41, 5.74) is 1.35. The van der Waals surface area contributed by atoms with Crippen molar-refractivity contribution < 1.29 is 19.3 Å². The standard InChI is InChI=1S/C20H32N2O2/c1-23-19-10-9-17(15-20(19)24-2)16-21-11-13-22(14-12-21)18-7-5-3-4-6-8-18/h9-10,15,18H,3-8,11-14,16H2,1-2H3/p+2. The lowest BCUT2D eigenvalue weighted by molar-refractivity contribution is -1.03. The van der Waals surface area contributed by atoms with Crippen molar-refractivity contribution in [2.45, 2.75) is 51.1 Å². The highest BCUT2D eigenvalue weighted by Crippen LogP contribution is 2.27. The molecule has 1 saturated heterocycles. The Kier molecular flexibility index (Phi) is 6.38. The second kappa shape index (κ2) is 8.72. The van der Waals surface area contributed by atoms with Crippen LogP contribution in [0.2, 0.25) is 0 Å². The van der Waals surface area contributed by atoms with Crippen molar-refractivity contribution in [3.05, 3.63) is 23.8 Å². The van der Waals surface area contributed by atoms with Crippen molar-refractivity contribution in [2.24, 2.45) is 0 Å². The fourth-order valence-corrected chi connectivity index (χ4v) is 4.48. The van der Waals surface area contributed by atoms with Crippen LogP contribution in [0.4, 0.5) is 0 Å². The van der Waals surface area contributed by atoms with Gasteiger partial charge in [0, 0.05) is 5.56 Å². The summed E-state index contributed by atoms with van der Waals surface area (Å²) in [6, 6.07) is 7.28. The molecule has 0 aromatic heterocycles. The molecule has 24 heavy (non-hydrogen) atoms. The minimum Gasteiger partial charge on any atom is -0.493 e. The Morgan fingerprint density at radius 1 is 0.875 bits per heavy atom. The van der Waals surface area contributed by atoms with Gasteiger partial charge in [-0.3, -0.25) is 0 Å². The van der Waals surface area contributed by atoms with Gasteiger partial charge >= 0.3 is 0 Å². The zero-order chi connectivity index (χ0) is 16.8. The van der Waals surface area contributed by atoms with Gasteiger partial charge in [-0.1, -0.05) is 12.8 Å². The second-order valence-electron chi connectivity index (χ2n) is 7.46. The Balaban J connectivity index is 1.51. The predicted molar refractivity (Wildman–Crippen MR) is 96.1 cm³/mol. The molecule has 0 spiro atoms. The largest absolute Gasteiger partial charge is 0.493 e. The summed E-state index contributed by atoms with van der Waals surface area (Å²) in [7, 11) is 3.40. The van der Waals surface area contributed by atoms with Crippen LogP contribution in [0.15, 0.2) is 18.2 Å². The van der Waals surface area contributed by atoms with E-state index >= 15 is 0 Å². The molecule has 1 aromatic rings. The number of methoxy groups -OCH3 is 2. The first-order valence-electron chi connectivity index (χ1n) is 9.69. The molecule has 0 radical (unpaired) electrons. The Hall–Kier alpha value is -1.26. The Bertz CT molecular complexity index is 504. The van der Waals surface area contributed by atoms with E-state index in [2.05, 4.69) is 12.1 Å². The molecule has 2 fully saturated rings. The number of quaternary nitrogens is 2. The number of benzene rings is 1. The molecular formula is C20H34N2O2+2. The van der Waals surface area contributed by atoms with Crippen LogP contribution in [0.5, 0.6) is 11.5 Å². The van der Waals surface area contributed by atoms with Gasteiger partial charge in [0.05, 0.1) is 20.3 Å². The molecule has 0 bridgehead atoms. The van der Waals surface area contributed by atoms with Crippen LogP contribution in [0.3, 0.4) is 0 Å². The van der Waals surface area contributed by atoms with Crippen LogP contribution in [0, 0.1) is 0 Å². The smallest absolute Gasteiger partial charge is 0.161 e. The van der Waals surface area contributed by atoms with Crippen molar-refractivity contribution in [1.29, 1.82) is 0 Å². The average molecular weight is 335 g/mol. The minimum absolute atomic E-state index is 0.818. The summed E-state index contributed by atoms with van der Waals surface area (Å²) >= 11 is 0. The van der Waals surface area contributed by atoms with E-state index in [0.717, 1.165) is 24.1 Å². The molecular weight excluding hydrogens is 300 g/mol. The van der Waals surface area contributed by atoms with Crippen LogP contribution >= 0.6 is 0 Å². The summed E-state index contributed by atoms with van der Waals surface area (Å²) < 4.78 is 10.8. The molecule has 1 aliphatic heterocycles. The van der Waals surface area contributed by atoms with E-state index in [9.17, 15) is 0 Å². The monoisotopic (exact) mass is 334 g/mol. The number of ether oxygens (including phenoxy) is 2. The first-order chi connectivity index (χ1) is 11.8. The Labute approximate surface area is 146 Å². The molecule has 4 nitrogen and oxygen atoms in total. The third-order valence-electron chi connectivity index (χ3n) is 5.93. The second-order valence-corrected chi connectivity index (χ2v) is 7.46. The summed E-state index contributed by atoms with van der Waals surface area (Å²) in [6.07, 6.45) is 8.74. The van der Waals surface area contributed by atoms with Gasteiger partial charge < -0.3 is 19.3 Å². The summed E-state index contributed by atoms with van der Waals surface area (Å²) in [6.45, 7) is 6.36. The topological polar surface area (TPSA) is 27.3 Å². The molecule has 1 aliphatic carbocycles. The van der Waals surface area contributed by atoms with E-state index in [0.29, 0.717) is 0 Å². The Morgan fingerprint density at radius 2 is 1.54 bits per heavy atom. The van der Waals surface area contributed by atoms with Gasteiger partial charge in [-0.05, 0) is 43.9 Å². The zero-order valence-corrected chi connectivity index (χ0v) is 15.4. The first kappa shape index (κ1) is 17.6. The normalized spacial score (nSPS) is 25.9. The van der Waals surface area contributed by atoms with Crippen molar-refractivity contribution in [3.8, 4) is 11.5 Å². The summed E-state index contributed by atoms with van der Waals surface area (Å²) in [4.78, 5) is 3.59. The third kappa shape index (κ3) is 4.42. The highest BCUT2D eigenvalue weighted by molar-refractivity contribution is 5.42. The molecule has 0 amide bonds.